The van der Waals surface area contributed by atoms with Crippen LogP contribution in [0, 0.1) is 6.92 Å². The van der Waals surface area contributed by atoms with Crippen molar-refractivity contribution >= 4 is 24.0 Å². The number of nitrogens with two attached hydrogens (primary N) is 1. The molecule has 0 aliphatic rings. The lowest BCUT2D eigenvalue weighted by Gasteiger charge is -2.13. The van der Waals surface area contributed by atoms with Crippen LogP contribution in [-0.2, 0) is 0 Å². The molecule has 0 heterocycles. The number of aryl methyl sites for hydroxylation is 1. The van der Waals surface area contributed by atoms with Gasteiger partial charge in [0, 0.05) is 17.7 Å². The van der Waals surface area contributed by atoms with Crippen molar-refractivity contribution in [3.63, 3.8) is 0 Å². The molecular weight excluding hydrogens is 221 g/mol. The summed E-state index contributed by atoms with van der Waals surface area (Å²) in [4.78, 5) is 0. The molecule has 0 aliphatic heterocycles. The standard InChI is InChI=1S/C10H14ClNO.ClH/c1-7-6-8(11)2-3-9(7)10(12)4-5-13;/h2-3,6,10,13H,4-5,12H2,1H3;1H/t10-;/m0./s1. The molecule has 0 saturated carbocycles. The van der Waals surface area contributed by atoms with Gasteiger partial charge in [-0.05, 0) is 36.6 Å². The van der Waals surface area contributed by atoms with E-state index in [0.717, 1.165) is 16.1 Å². The van der Waals surface area contributed by atoms with E-state index in [1.165, 1.54) is 0 Å². The molecule has 0 saturated heterocycles. The zero-order chi connectivity index (χ0) is 9.84. The summed E-state index contributed by atoms with van der Waals surface area (Å²) in [5, 5.41) is 9.46. The first-order valence-corrected chi connectivity index (χ1v) is 4.65. The number of rotatable bonds is 3. The van der Waals surface area contributed by atoms with E-state index in [9.17, 15) is 0 Å². The minimum Gasteiger partial charge on any atom is -0.396 e. The van der Waals surface area contributed by atoms with Crippen LogP contribution in [0.3, 0.4) is 0 Å². The number of halogens is 2. The van der Waals surface area contributed by atoms with E-state index in [1.807, 2.05) is 25.1 Å². The van der Waals surface area contributed by atoms with Crippen molar-refractivity contribution in [2.75, 3.05) is 6.61 Å². The fourth-order valence-corrected chi connectivity index (χ4v) is 1.58. The summed E-state index contributed by atoms with van der Waals surface area (Å²) >= 11 is 5.81. The topological polar surface area (TPSA) is 46.2 Å². The van der Waals surface area contributed by atoms with Gasteiger partial charge < -0.3 is 10.8 Å². The van der Waals surface area contributed by atoms with Gasteiger partial charge in [0.2, 0.25) is 0 Å². The van der Waals surface area contributed by atoms with Gasteiger partial charge in [-0.15, -0.1) is 12.4 Å². The molecule has 0 amide bonds. The summed E-state index contributed by atoms with van der Waals surface area (Å²) in [6.45, 7) is 2.09. The third-order valence-corrected chi connectivity index (χ3v) is 2.31. The highest BCUT2D eigenvalue weighted by molar-refractivity contribution is 6.30. The maximum Gasteiger partial charge on any atom is 0.0449 e. The van der Waals surface area contributed by atoms with Gasteiger partial charge in [0.25, 0.3) is 0 Å². The van der Waals surface area contributed by atoms with Gasteiger partial charge in [-0.3, -0.25) is 0 Å². The summed E-state index contributed by atoms with van der Waals surface area (Å²) < 4.78 is 0. The molecule has 0 aromatic heterocycles. The first-order valence-electron chi connectivity index (χ1n) is 4.27. The van der Waals surface area contributed by atoms with E-state index in [4.69, 9.17) is 22.4 Å². The smallest absolute Gasteiger partial charge is 0.0449 e. The van der Waals surface area contributed by atoms with Crippen LogP contribution in [0.15, 0.2) is 18.2 Å². The van der Waals surface area contributed by atoms with Crippen LogP contribution in [0.4, 0.5) is 0 Å². The van der Waals surface area contributed by atoms with E-state index in [-0.39, 0.29) is 25.1 Å². The molecule has 1 rings (SSSR count). The fraction of sp³-hybridized carbons (Fsp3) is 0.400. The van der Waals surface area contributed by atoms with Crippen molar-refractivity contribution in [2.45, 2.75) is 19.4 Å². The van der Waals surface area contributed by atoms with Crippen LogP contribution in [0.2, 0.25) is 5.02 Å². The Morgan fingerprint density at radius 2 is 2.14 bits per heavy atom. The zero-order valence-corrected chi connectivity index (χ0v) is 9.61. The lowest BCUT2D eigenvalue weighted by atomic mass is 10.00. The Hall–Kier alpha value is -0.280. The number of hydrogen-bond donors (Lipinski definition) is 2. The molecule has 1 aromatic rings. The molecule has 2 nitrogen and oxygen atoms in total. The third-order valence-electron chi connectivity index (χ3n) is 2.07. The first-order chi connectivity index (χ1) is 6.15. The quantitative estimate of drug-likeness (QED) is 0.846. The Kier molecular flexibility index (Phi) is 6.12. The van der Waals surface area contributed by atoms with E-state index < -0.39 is 0 Å². The average Bonchev–Trinajstić information content (AvgIpc) is 2.04. The lowest BCUT2D eigenvalue weighted by molar-refractivity contribution is 0.276. The normalized spacial score (nSPS) is 12.0. The molecule has 14 heavy (non-hydrogen) atoms. The maximum absolute atomic E-state index is 8.74. The molecule has 0 unspecified atom stereocenters. The Morgan fingerprint density at radius 1 is 1.50 bits per heavy atom. The van der Waals surface area contributed by atoms with Gasteiger partial charge in [-0.1, -0.05) is 17.7 Å². The van der Waals surface area contributed by atoms with Crippen LogP contribution >= 0.6 is 24.0 Å². The summed E-state index contributed by atoms with van der Waals surface area (Å²) in [5.74, 6) is 0. The lowest BCUT2D eigenvalue weighted by Crippen LogP contribution is -2.13. The van der Waals surface area contributed by atoms with Gasteiger partial charge in [0.15, 0.2) is 0 Å². The second-order valence-electron chi connectivity index (χ2n) is 3.12. The predicted molar refractivity (Wildman–Crippen MR) is 62.1 cm³/mol. The number of hydrogen-bond acceptors (Lipinski definition) is 2. The van der Waals surface area contributed by atoms with Gasteiger partial charge in [0.05, 0.1) is 0 Å². The van der Waals surface area contributed by atoms with Crippen molar-refractivity contribution < 1.29 is 5.11 Å². The van der Waals surface area contributed by atoms with Gasteiger partial charge in [0.1, 0.15) is 0 Å². The van der Waals surface area contributed by atoms with E-state index in [0.29, 0.717) is 6.42 Å². The Labute approximate surface area is 95.5 Å². The molecular formula is C10H15Cl2NO. The highest BCUT2D eigenvalue weighted by atomic mass is 35.5. The summed E-state index contributed by atoms with van der Waals surface area (Å²) in [7, 11) is 0. The summed E-state index contributed by atoms with van der Waals surface area (Å²) in [6, 6.07) is 5.52. The maximum atomic E-state index is 8.74. The van der Waals surface area contributed by atoms with Crippen molar-refractivity contribution in [3.05, 3.63) is 34.3 Å². The molecule has 4 heteroatoms. The van der Waals surface area contributed by atoms with Crippen LogP contribution < -0.4 is 5.73 Å². The molecule has 3 N–H and O–H groups in total. The molecule has 0 spiro atoms. The van der Waals surface area contributed by atoms with Crippen molar-refractivity contribution in [3.8, 4) is 0 Å². The van der Waals surface area contributed by atoms with Crippen molar-refractivity contribution in [1.82, 2.24) is 0 Å². The number of aliphatic hydroxyl groups excluding tert-OH is 1. The van der Waals surface area contributed by atoms with Crippen molar-refractivity contribution in [1.29, 1.82) is 0 Å². The second-order valence-corrected chi connectivity index (χ2v) is 3.56. The molecule has 80 valence electrons. The summed E-state index contributed by atoms with van der Waals surface area (Å²) in [6.07, 6.45) is 0.586. The highest BCUT2D eigenvalue weighted by Crippen LogP contribution is 2.21. The van der Waals surface area contributed by atoms with Gasteiger partial charge >= 0.3 is 0 Å². The minimum atomic E-state index is -0.0951. The third kappa shape index (κ3) is 3.46. The van der Waals surface area contributed by atoms with E-state index in [1.54, 1.807) is 0 Å². The molecule has 0 bridgehead atoms. The first kappa shape index (κ1) is 13.7. The summed E-state index contributed by atoms with van der Waals surface area (Å²) in [5.41, 5.74) is 7.98. The monoisotopic (exact) mass is 235 g/mol. The number of aliphatic hydroxyl groups is 1. The Bertz CT molecular complexity index is 291. The molecule has 0 fully saturated rings. The SMILES string of the molecule is Cc1cc(Cl)ccc1[C@@H](N)CCO.Cl. The zero-order valence-electron chi connectivity index (χ0n) is 8.03. The molecule has 1 aromatic carbocycles. The molecule has 1 atom stereocenters. The van der Waals surface area contributed by atoms with E-state index in [2.05, 4.69) is 0 Å². The van der Waals surface area contributed by atoms with Crippen LogP contribution in [0.1, 0.15) is 23.6 Å². The van der Waals surface area contributed by atoms with Crippen molar-refractivity contribution in [2.24, 2.45) is 5.73 Å². The Balaban J connectivity index is 0.00000169. The average molecular weight is 236 g/mol. The van der Waals surface area contributed by atoms with Crippen LogP contribution in [0.5, 0.6) is 0 Å². The highest BCUT2D eigenvalue weighted by Gasteiger charge is 2.07. The molecule has 0 radical (unpaired) electrons. The van der Waals surface area contributed by atoms with Gasteiger partial charge in [-0.25, -0.2) is 0 Å². The van der Waals surface area contributed by atoms with Crippen LogP contribution in [-0.4, -0.2) is 11.7 Å². The Morgan fingerprint density at radius 3 is 2.64 bits per heavy atom. The fourth-order valence-electron chi connectivity index (χ4n) is 1.35. The number of benzene rings is 1. The van der Waals surface area contributed by atoms with Crippen LogP contribution in [0.25, 0.3) is 0 Å². The predicted octanol–water partition coefficient (Wildman–Crippen LogP) is 2.45. The molecule has 0 aliphatic carbocycles. The minimum absolute atomic E-state index is 0. The largest absolute Gasteiger partial charge is 0.396 e. The second kappa shape index (κ2) is 6.25. The van der Waals surface area contributed by atoms with Gasteiger partial charge in [-0.2, -0.15) is 0 Å². The van der Waals surface area contributed by atoms with E-state index >= 15 is 0 Å².